The van der Waals surface area contributed by atoms with Gasteiger partial charge in [-0.05, 0) is 75.2 Å². The number of likely N-dealkylation sites (tertiary alicyclic amines) is 2. The number of hydrogen-bond donors (Lipinski definition) is 2. The summed E-state index contributed by atoms with van der Waals surface area (Å²) in [5.74, 6) is 3.26. The molecule has 1 amide bonds. The molecule has 178 valence electrons. The fourth-order valence-corrected chi connectivity index (χ4v) is 4.67. The monoisotopic (exact) mass is 443 g/mol. The maximum absolute atomic E-state index is 11.7. The van der Waals surface area contributed by atoms with E-state index in [0.29, 0.717) is 18.3 Å². The summed E-state index contributed by atoms with van der Waals surface area (Å²) in [7, 11) is 3.43. The minimum Gasteiger partial charge on any atom is -0.497 e. The molecule has 0 radical (unpaired) electrons. The quantitative estimate of drug-likeness (QED) is 0.478. The summed E-state index contributed by atoms with van der Waals surface area (Å²) < 4.78 is 5.25. The van der Waals surface area contributed by atoms with Crippen LogP contribution in [0.4, 0.5) is 0 Å². The third kappa shape index (κ3) is 7.40. The van der Waals surface area contributed by atoms with Crippen LogP contribution in [0.25, 0.3) is 0 Å². The number of carbonyl (C=O) groups excluding carboxylic acids is 1. The molecule has 7 heteroatoms. The van der Waals surface area contributed by atoms with Crippen molar-refractivity contribution in [2.24, 2.45) is 16.8 Å². The van der Waals surface area contributed by atoms with Crippen LogP contribution < -0.4 is 15.4 Å². The average molecular weight is 444 g/mol. The Morgan fingerprint density at radius 1 is 1.06 bits per heavy atom. The Hall–Kier alpha value is -2.28. The van der Waals surface area contributed by atoms with Crippen LogP contribution in [0.1, 0.15) is 44.6 Å². The highest BCUT2D eigenvalue weighted by atomic mass is 16.5. The third-order valence-electron chi connectivity index (χ3n) is 6.77. The lowest BCUT2D eigenvalue weighted by Crippen LogP contribution is -2.46. The van der Waals surface area contributed by atoms with E-state index in [1.165, 1.54) is 18.4 Å². The van der Waals surface area contributed by atoms with E-state index in [1.807, 2.05) is 12.1 Å². The van der Waals surface area contributed by atoms with Crippen molar-refractivity contribution < 1.29 is 9.53 Å². The van der Waals surface area contributed by atoms with Crippen LogP contribution in [0.15, 0.2) is 29.3 Å². The van der Waals surface area contributed by atoms with Crippen molar-refractivity contribution in [3.05, 3.63) is 29.8 Å². The molecule has 32 heavy (non-hydrogen) atoms. The first-order chi connectivity index (χ1) is 15.6. The minimum atomic E-state index is 0.155. The number of carbonyl (C=O) groups is 1. The maximum Gasteiger partial charge on any atom is 0.220 e. The number of amides is 1. The first-order valence-electron chi connectivity index (χ1n) is 12.2. The van der Waals surface area contributed by atoms with Crippen LogP contribution >= 0.6 is 0 Å². The van der Waals surface area contributed by atoms with Gasteiger partial charge in [0.1, 0.15) is 5.75 Å². The van der Waals surface area contributed by atoms with Gasteiger partial charge in [-0.2, -0.15) is 0 Å². The number of guanidine groups is 1. The zero-order valence-electron chi connectivity index (χ0n) is 20.1. The van der Waals surface area contributed by atoms with Crippen molar-refractivity contribution in [3.8, 4) is 5.75 Å². The number of piperidine rings is 2. The van der Waals surface area contributed by atoms with E-state index in [4.69, 9.17) is 9.73 Å². The highest BCUT2D eigenvalue weighted by molar-refractivity contribution is 5.80. The van der Waals surface area contributed by atoms with Crippen LogP contribution in [0.5, 0.6) is 5.75 Å². The summed E-state index contributed by atoms with van der Waals surface area (Å²) in [6, 6.07) is 8.41. The second-order valence-corrected chi connectivity index (χ2v) is 9.07. The fraction of sp³-hybridized carbons (Fsp3) is 0.680. The molecule has 7 nitrogen and oxygen atoms in total. The number of aliphatic imine (C=N–C) groups is 1. The van der Waals surface area contributed by atoms with E-state index in [9.17, 15) is 4.79 Å². The van der Waals surface area contributed by atoms with Crippen molar-refractivity contribution in [2.45, 2.75) is 45.6 Å². The highest BCUT2D eigenvalue weighted by Crippen LogP contribution is 2.22. The summed E-state index contributed by atoms with van der Waals surface area (Å²) in [6.45, 7) is 9.15. The number of rotatable bonds is 8. The minimum absolute atomic E-state index is 0.155. The van der Waals surface area contributed by atoms with E-state index in [0.717, 1.165) is 70.4 Å². The van der Waals surface area contributed by atoms with Gasteiger partial charge in [0.25, 0.3) is 0 Å². The molecule has 0 spiro atoms. The molecule has 0 aromatic heterocycles. The molecule has 2 aliphatic heterocycles. The zero-order chi connectivity index (χ0) is 22.8. The number of nitrogens with zero attached hydrogens (tertiary/aromatic N) is 3. The van der Waals surface area contributed by atoms with E-state index < -0.39 is 0 Å². The van der Waals surface area contributed by atoms with Crippen molar-refractivity contribution >= 4 is 11.9 Å². The predicted octanol–water partition coefficient (Wildman–Crippen LogP) is 2.72. The van der Waals surface area contributed by atoms with E-state index in [1.54, 1.807) is 14.2 Å². The maximum atomic E-state index is 11.7. The molecule has 2 saturated heterocycles. The molecular formula is C25H41N5O2. The normalized spacial score (nSPS) is 19.1. The van der Waals surface area contributed by atoms with Gasteiger partial charge in [-0.1, -0.05) is 12.1 Å². The van der Waals surface area contributed by atoms with Gasteiger partial charge in [0.2, 0.25) is 5.91 Å². The van der Waals surface area contributed by atoms with Gasteiger partial charge in [-0.25, -0.2) is 0 Å². The van der Waals surface area contributed by atoms with Crippen LogP contribution in [0.2, 0.25) is 0 Å². The Labute approximate surface area is 193 Å². The molecule has 3 rings (SSSR count). The Bertz CT molecular complexity index is 720. The van der Waals surface area contributed by atoms with Gasteiger partial charge in [0.15, 0.2) is 5.96 Å². The van der Waals surface area contributed by atoms with Crippen LogP contribution in [-0.2, 0) is 11.3 Å². The first-order valence-corrected chi connectivity index (χ1v) is 12.2. The molecule has 2 aliphatic rings. The van der Waals surface area contributed by atoms with Gasteiger partial charge < -0.3 is 20.3 Å². The van der Waals surface area contributed by atoms with Gasteiger partial charge in [0, 0.05) is 46.2 Å². The van der Waals surface area contributed by atoms with Crippen LogP contribution in [-0.4, -0.2) is 75.1 Å². The van der Waals surface area contributed by atoms with Crippen molar-refractivity contribution in [3.63, 3.8) is 0 Å². The lowest BCUT2D eigenvalue weighted by molar-refractivity contribution is -0.121. The second-order valence-electron chi connectivity index (χ2n) is 9.07. The molecule has 1 aromatic rings. The summed E-state index contributed by atoms with van der Waals surface area (Å²) in [6.07, 6.45) is 5.16. The Morgan fingerprint density at radius 2 is 1.72 bits per heavy atom. The molecule has 0 aliphatic carbocycles. The molecule has 2 heterocycles. The molecule has 2 N–H and O–H groups in total. The SMILES string of the molecule is CCNC(=NCC1CCN(Cc2ccc(OC)cc2)CC1)N1CCC(CC(=O)NC)CC1. The Balaban J connectivity index is 1.43. The van der Waals surface area contributed by atoms with Crippen molar-refractivity contribution in [1.82, 2.24) is 20.4 Å². The van der Waals surface area contributed by atoms with Gasteiger partial charge in [-0.3, -0.25) is 14.7 Å². The zero-order valence-corrected chi connectivity index (χ0v) is 20.1. The number of ether oxygens (including phenoxy) is 1. The van der Waals surface area contributed by atoms with Crippen molar-refractivity contribution in [1.29, 1.82) is 0 Å². The lowest BCUT2D eigenvalue weighted by Gasteiger charge is -2.35. The summed E-state index contributed by atoms with van der Waals surface area (Å²) in [5, 5.41) is 6.23. The molecule has 0 bridgehead atoms. The smallest absolute Gasteiger partial charge is 0.220 e. The van der Waals surface area contributed by atoms with Crippen LogP contribution in [0.3, 0.4) is 0 Å². The van der Waals surface area contributed by atoms with Crippen LogP contribution in [0, 0.1) is 11.8 Å². The van der Waals surface area contributed by atoms with Gasteiger partial charge in [0.05, 0.1) is 7.11 Å². The topological polar surface area (TPSA) is 69.2 Å². The highest BCUT2D eigenvalue weighted by Gasteiger charge is 2.24. The average Bonchev–Trinajstić information content (AvgIpc) is 2.83. The largest absolute Gasteiger partial charge is 0.497 e. The van der Waals surface area contributed by atoms with E-state index in [-0.39, 0.29) is 5.91 Å². The molecule has 0 atom stereocenters. The lowest BCUT2D eigenvalue weighted by atomic mass is 9.93. The second kappa shape index (κ2) is 12.7. The molecule has 2 fully saturated rings. The number of benzene rings is 1. The van der Waals surface area contributed by atoms with E-state index in [2.05, 4.69) is 39.5 Å². The predicted molar refractivity (Wildman–Crippen MR) is 130 cm³/mol. The third-order valence-corrected chi connectivity index (χ3v) is 6.77. The Morgan fingerprint density at radius 3 is 2.31 bits per heavy atom. The van der Waals surface area contributed by atoms with Crippen molar-refractivity contribution in [2.75, 3.05) is 53.4 Å². The number of methoxy groups -OCH3 is 1. The molecule has 0 saturated carbocycles. The van der Waals surface area contributed by atoms with Gasteiger partial charge >= 0.3 is 0 Å². The fourth-order valence-electron chi connectivity index (χ4n) is 4.67. The first kappa shape index (κ1) is 24.4. The van der Waals surface area contributed by atoms with Gasteiger partial charge in [-0.15, -0.1) is 0 Å². The Kier molecular flexibility index (Phi) is 9.65. The standard InChI is InChI=1S/C25H41N5O2/c1-4-27-25(30-15-11-20(12-16-30)17-24(31)26-2)28-18-21-9-13-29(14-10-21)19-22-5-7-23(32-3)8-6-22/h5-8,20-21H,4,9-19H2,1-3H3,(H,26,31)(H,27,28). The van der Waals surface area contributed by atoms with E-state index >= 15 is 0 Å². The summed E-state index contributed by atoms with van der Waals surface area (Å²) >= 11 is 0. The molecule has 0 unspecified atom stereocenters. The summed E-state index contributed by atoms with van der Waals surface area (Å²) in [5.41, 5.74) is 1.34. The molecular weight excluding hydrogens is 402 g/mol. The number of nitrogens with one attached hydrogen (secondary N) is 2. The number of hydrogen-bond acceptors (Lipinski definition) is 4. The summed E-state index contributed by atoms with van der Waals surface area (Å²) in [4.78, 5) is 21.6. The molecule has 1 aromatic carbocycles.